The van der Waals surface area contributed by atoms with Gasteiger partial charge >= 0.3 is 5.97 Å². The Labute approximate surface area is 140 Å². The number of amides is 3. The molecular formula is C15H24N4O5. The van der Waals surface area contributed by atoms with Gasteiger partial charge in [0.1, 0.15) is 12.1 Å². The lowest BCUT2D eigenvalue weighted by atomic mass is 10.1. The summed E-state index contributed by atoms with van der Waals surface area (Å²) in [4.78, 5) is 50.5. The molecule has 0 radical (unpaired) electrons. The fourth-order valence-corrected chi connectivity index (χ4v) is 3.23. The van der Waals surface area contributed by atoms with Gasteiger partial charge in [-0.2, -0.15) is 0 Å². The first-order chi connectivity index (χ1) is 11.3. The molecule has 4 N–H and O–H groups in total. The maximum atomic E-state index is 12.7. The Morgan fingerprint density at radius 2 is 1.71 bits per heavy atom. The molecule has 3 amide bonds. The van der Waals surface area contributed by atoms with Crippen molar-refractivity contribution >= 4 is 23.7 Å². The molecule has 2 rings (SSSR count). The maximum absolute atomic E-state index is 12.7. The van der Waals surface area contributed by atoms with Gasteiger partial charge in [-0.15, -0.1) is 0 Å². The Hall–Kier alpha value is -2.16. The molecule has 0 bridgehead atoms. The van der Waals surface area contributed by atoms with Crippen molar-refractivity contribution in [1.29, 1.82) is 0 Å². The van der Waals surface area contributed by atoms with Gasteiger partial charge in [0.15, 0.2) is 0 Å². The van der Waals surface area contributed by atoms with Crippen LogP contribution in [-0.4, -0.2) is 76.4 Å². The summed E-state index contributed by atoms with van der Waals surface area (Å²) in [5.74, 6) is -2.12. The number of carbonyl (C=O) groups is 4. The molecule has 2 heterocycles. The second kappa shape index (κ2) is 7.61. The number of carboxylic acid groups (broad SMARTS) is 1. The highest BCUT2D eigenvalue weighted by molar-refractivity contribution is 5.93. The first kappa shape index (κ1) is 18.2. The molecule has 9 heteroatoms. The zero-order valence-electron chi connectivity index (χ0n) is 13.7. The predicted octanol–water partition coefficient (Wildman–Crippen LogP) is -1.48. The van der Waals surface area contributed by atoms with Gasteiger partial charge in [-0.1, -0.05) is 0 Å². The lowest BCUT2D eigenvalue weighted by Crippen LogP contribution is -2.53. The van der Waals surface area contributed by atoms with E-state index in [-0.39, 0.29) is 18.4 Å². The lowest BCUT2D eigenvalue weighted by molar-refractivity contribution is -0.151. The summed E-state index contributed by atoms with van der Waals surface area (Å²) >= 11 is 0. The molecule has 0 aromatic carbocycles. The third kappa shape index (κ3) is 3.84. The molecule has 0 saturated carbocycles. The Morgan fingerprint density at radius 3 is 2.29 bits per heavy atom. The van der Waals surface area contributed by atoms with E-state index in [1.165, 1.54) is 16.7 Å². The molecule has 3 unspecified atom stereocenters. The first-order valence-corrected chi connectivity index (χ1v) is 8.19. The van der Waals surface area contributed by atoms with E-state index >= 15 is 0 Å². The predicted molar refractivity (Wildman–Crippen MR) is 83.8 cm³/mol. The van der Waals surface area contributed by atoms with E-state index in [1.54, 1.807) is 0 Å². The van der Waals surface area contributed by atoms with Crippen LogP contribution in [0, 0.1) is 0 Å². The molecule has 0 spiro atoms. The highest BCUT2D eigenvalue weighted by Gasteiger charge is 2.41. The Kier molecular flexibility index (Phi) is 5.76. The van der Waals surface area contributed by atoms with E-state index in [1.807, 2.05) is 0 Å². The van der Waals surface area contributed by atoms with Gasteiger partial charge < -0.3 is 26.0 Å². The zero-order valence-corrected chi connectivity index (χ0v) is 13.7. The monoisotopic (exact) mass is 340 g/mol. The van der Waals surface area contributed by atoms with E-state index in [9.17, 15) is 24.3 Å². The highest BCUT2D eigenvalue weighted by atomic mass is 16.4. The first-order valence-electron chi connectivity index (χ1n) is 8.19. The summed E-state index contributed by atoms with van der Waals surface area (Å²) < 4.78 is 0. The third-order valence-corrected chi connectivity index (χ3v) is 4.51. The summed E-state index contributed by atoms with van der Waals surface area (Å²) in [5, 5.41) is 11.7. The van der Waals surface area contributed by atoms with Gasteiger partial charge in [0.05, 0.1) is 12.6 Å². The van der Waals surface area contributed by atoms with Crippen LogP contribution in [0.3, 0.4) is 0 Å². The summed E-state index contributed by atoms with van der Waals surface area (Å²) in [7, 11) is 0. The average Bonchev–Trinajstić information content (AvgIpc) is 3.19. The molecule has 0 aromatic rings. The number of aliphatic carboxylic acids is 1. The summed E-state index contributed by atoms with van der Waals surface area (Å²) in [6.45, 7) is 2.12. The quantitative estimate of drug-likeness (QED) is 0.559. The van der Waals surface area contributed by atoms with E-state index in [0.29, 0.717) is 38.8 Å². The van der Waals surface area contributed by atoms with E-state index < -0.39 is 30.0 Å². The molecule has 2 aliphatic heterocycles. The minimum absolute atomic E-state index is 0.216. The summed E-state index contributed by atoms with van der Waals surface area (Å²) in [6, 6.07) is -2.17. The van der Waals surface area contributed by atoms with Crippen molar-refractivity contribution in [2.45, 2.75) is 50.7 Å². The molecule has 134 valence electrons. The Balaban J connectivity index is 1.99. The minimum Gasteiger partial charge on any atom is -0.480 e. The minimum atomic E-state index is -1.01. The largest absolute Gasteiger partial charge is 0.480 e. The van der Waals surface area contributed by atoms with Crippen LogP contribution in [0.5, 0.6) is 0 Å². The van der Waals surface area contributed by atoms with Gasteiger partial charge in [-0.3, -0.25) is 14.4 Å². The number of carboxylic acids is 1. The van der Waals surface area contributed by atoms with Crippen molar-refractivity contribution in [2.75, 3.05) is 19.6 Å². The molecule has 2 aliphatic rings. The van der Waals surface area contributed by atoms with Crippen molar-refractivity contribution in [3.63, 3.8) is 0 Å². The van der Waals surface area contributed by atoms with Crippen molar-refractivity contribution in [2.24, 2.45) is 5.73 Å². The number of hydrogen-bond donors (Lipinski definition) is 3. The molecule has 9 nitrogen and oxygen atoms in total. The fraction of sp³-hybridized carbons (Fsp3) is 0.733. The van der Waals surface area contributed by atoms with Crippen LogP contribution < -0.4 is 11.1 Å². The molecule has 0 aromatic heterocycles. The number of likely N-dealkylation sites (tertiary alicyclic amines) is 2. The highest BCUT2D eigenvalue weighted by Crippen LogP contribution is 2.24. The van der Waals surface area contributed by atoms with Crippen molar-refractivity contribution in [3.8, 4) is 0 Å². The summed E-state index contributed by atoms with van der Waals surface area (Å²) in [6.07, 6.45) is 2.27. The normalized spacial score (nSPS) is 24.8. The Bertz CT molecular complexity index is 536. The van der Waals surface area contributed by atoms with Crippen LogP contribution in [-0.2, 0) is 19.2 Å². The van der Waals surface area contributed by atoms with E-state index in [2.05, 4.69) is 5.32 Å². The number of nitrogens with zero attached hydrogens (tertiary/aromatic N) is 2. The van der Waals surface area contributed by atoms with E-state index in [0.717, 1.165) is 0 Å². The van der Waals surface area contributed by atoms with Gasteiger partial charge in [0.2, 0.25) is 17.7 Å². The van der Waals surface area contributed by atoms with E-state index in [4.69, 9.17) is 5.73 Å². The second-order valence-corrected chi connectivity index (χ2v) is 6.28. The van der Waals surface area contributed by atoms with Gasteiger partial charge in [-0.25, -0.2) is 4.79 Å². The summed E-state index contributed by atoms with van der Waals surface area (Å²) in [5.41, 5.74) is 5.42. The smallest absolute Gasteiger partial charge is 0.326 e. The second-order valence-electron chi connectivity index (χ2n) is 6.28. The standard InChI is InChI=1S/C15H24N4O5/c1-9(16)13(21)17-8-12(20)18-6-2-4-10(18)14(22)19-7-3-5-11(19)15(23)24/h9-11H,2-8,16H2,1H3,(H,17,21)(H,23,24). The van der Waals surface area contributed by atoms with Crippen LogP contribution in [0.1, 0.15) is 32.6 Å². The van der Waals surface area contributed by atoms with Crippen LogP contribution in [0.15, 0.2) is 0 Å². The molecule has 0 aliphatic carbocycles. The number of nitrogens with two attached hydrogens (primary N) is 1. The Morgan fingerprint density at radius 1 is 1.12 bits per heavy atom. The number of carbonyl (C=O) groups excluding carboxylic acids is 3. The average molecular weight is 340 g/mol. The van der Waals surface area contributed by atoms with Crippen LogP contribution in [0.25, 0.3) is 0 Å². The zero-order chi connectivity index (χ0) is 17.9. The third-order valence-electron chi connectivity index (χ3n) is 4.51. The fourth-order valence-electron chi connectivity index (χ4n) is 3.23. The van der Waals surface area contributed by atoms with Crippen molar-refractivity contribution in [1.82, 2.24) is 15.1 Å². The van der Waals surface area contributed by atoms with Gasteiger partial charge in [0, 0.05) is 13.1 Å². The van der Waals surface area contributed by atoms with Crippen LogP contribution >= 0.6 is 0 Å². The van der Waals surface area contributed by atoms with Gasteiger partial charge in [-0.05, 0) is 32.6 Å². The lowest BCUT2D eigenvalue weighted by Gasteiger charge is -2.30. The SMILES string of the molecule is CC(N)C(=O)NCC(=O)N1CCCC1C(=O)N1CCCC1C(=O)O. The maximum Gasteiger partial charge on any atom is 0.326 e. The molecule has 3 atom stereocenters. The molecule has 2 fully saturated rings. The molecular weight excluding hydrogens is 316 g/mol. The van der Waals surface area contributed by atoms with Crippen LogP contribution in [0.2, 0.25) is 0 Å². The number of hydrogen-bond acceptors (Lipinski definition) is 5. The van der Waals surface area contributed by atoms with Crippen LogP contribution in [0.4, 0.5) is 0 Å². The molecule has 24 heavy (non-hydrogen) atoms. The van der Waals surface area contributed by atoms with Crippen molar-refractivity contribution < 1.29 is 24.3 Å². The van der Waals surface area contributed by atoms with Crippen molar-refractivity contribution in [3.05, 3.63) is 0 Å². The molecule has 2 saturated heterocycles. The number of rotatable bonds is 5. The van der Waals surface area contributed by atoms with Gasteiger partial charge in [0.25, 0.3) is 0 Å². The number of nitrogens with one attached hydrogen (secondary N) is 1. The topological polar surface area (TPSA) is 133 Å².